The van der Waals surface area contributed by atoms with Gasteiger partial charge >= 0.3 is 5.97 Å². The highest BCUT2D eigenvalue weighted by Gasteiger charge is 2.41. The van der Waals surface area contributed by atoms with Crippen molar-refractivity contribution in [3.05, 3.63) is 29.0 Å². The van der Waals surface area contributed by atoms with E-state index in [2.05, 4.69) is 5.32 Å². The summed E-state index contributed by atoms with van der Waals surface area (Å²) in [6.07, 6.45) is 1.06. The van der Waals surface area contributed by atoms with Crippen molar-refractivity contribution in [1.29, 1.82) is 0 Å². The van der Waals surface area contributed by atoms with Crippen LogP contribution in [0.15, 0.2) is 18.2 Å². The molecule has 0 aromatic heterocycles. The van der Waals surface area contributed by atoms with E-state index in [-0.39, 0.29) is 10.9 Å². The van der Waals surface area contributed by atoms with Gasteiger partial charge in [-0.05, 0) is 31.0 Å². The van der Waals surface area contributed by atoms with Gasteiger partial charge in [0.05, 0.1) is 16.9 Å². The maximum absolute atomic E-state index is 12.9. The number of carboxylic acid groups (broad SMARTS) is 1. The number of benzene rings is 1. The predicted molar refractivity (Wildman–Crippen MR) is 63.9 cm³/mol. The Balaban J connectivity index is 2.03. The molecule has 1 aromatic carbocycles. The normalized spacial score (nSPS) is 22.1. The van der Waals surface area contributed by atoms with E-state index in [1.165, 1.54) is 12.1 Å². The quantitative estimate of drug-likeness (QED) is 0.888. The minimum Gasteiger partial charge on any atom is -0.481 e. The van der Waals surface area contributed by atoms with E-state index >= 15 is 0 Å². The van der Waals surface area contributed by atoms with E-state index in [9.17, 15) is 14.0 Å². The Bertz CT molecular complexity index is 506. The lowest BCUT2D eigenvalue weighted by molar-refractivity contribution is -0.151. The predicted octanol–water partition coefficient (Wildman–Crippen LogP) is 2.53. The van der Waals surface area contributed by atoms with Crippen molar-refractivity contribution >= 4 is 29.2 Å². The maximum Gasteiger partial charge on any atom is 0.307 e. The second-order valence-corrected chi connectivity index (χ2v) is 4.65. The Morgan fingerprint density at radius 3 is 2.50 bits per heavy atom. The summed E-state index contributed by atoms with van der Waals surface area (Å²) in [7, 11) is 0. The van der Waals surface area contributed by atoms with E-state index < -0.39 is 23.6 Å². The summed E-state index contributed by atoms with van der Waals surface area (Å²) >= 11 is 5.58. The van der Waals surface area contributed by atoms with Gasteiger partial charge in [-0.2, -0.15) is 0 Å². The number of anilines is 1. The molecule has 0 bridgehead atoms. The number of hydrogen-bond acceptors (Lipinski definition) is 2. The highest BCUT2D eigenvalue weighted by atomic mass is 35.5. The smallest absolute Gasteiger partial charge is 0.307 e. The van der Waals surface area contributed by atoms with Crippen LogP contribution in [0.3, 0.4) is 0 Å². The molecule has 1 aliphatic rings. The molecule has 0 radical (unpaired) electrons. The molecular formula is C12H11ClFNO3. The first-order valence-corrected chi connectivity index (χ1v) is 5.85. The molecule has 2 rings (SSSR count). The third-order valence-electron chi connectivity index (χ3n) is 3.12. The number of rotatable bonds is 3. The molecule has 6 heteroatoms. The molecule has 0 heterocycles. The van der Waals surface area contributed by atoms with Crippen LogP contribution in [0.25, 0.3) is 0 Å². The number of amides is 1. The van der Waals surface area contributed by atoms with E-state index in [1.54, 1.807) is 0 Å². The SMILES string of the molecule is O=C(O)C1CCC1C(=O)Nc1ccc(F)c(Cl)c1. The van der Waals surface area contributed by atoms with Crippen LogP contribution in [-0.2, 0) is 9.59 Å². The average Bonchev–Trinajstić information content (AvgIpc) is 2.20. The van der Waals surface area contributed by atoms with Crippen LogP contribution in [0.5, 0.6) is 0 Å². The molecule has 1 fully saturated rings. The molecule has 0 aliphatic heterocycles. The highest BCUT2D eigenvalue weighted by molar-refractivity contribution is 6.31. The van der Waals surface area contributed by atoms with E-state index in [1.807, 2.05) is 0 Å². The molecular weight excluding hydrogens is 261 g/mol. The van der Waals surface area contributed by atoms with E-state index in [0.717, 1.165) is 6.07 Å². The first-order chi connectivity index (χ1) is 8.49. The van der Waals surface area contributed by atoms with Crippen LogP contribution in [0.2, 0.25) is 5.02 Å². The second-order valence-electron chi connectivity index (χ2n) is 4.25. The summed E-state index contributed by atoms with van der Waals surface area (Å²) < 4.78 is 12.9. The Morgan fingerprint density at radius 2 is 2.00 bits per heavy atom. The number of carbonyl (C=O) groups excluding carboxylic acids is 1. The molecule has 1 saturated carbocycles. The van der Waals surface area contributed by atoms with Gasteiger partial charge in [0.2, 0.25) is 5.91 Å². The lowest BCUT2D eigenvalue weighted by atomic mass is 9.73. The molecule has 1 aliphatic carbocycles. The number of carboxylic acids is 1. The fourth-order valence-electron chi connectivity index (χ4n) is 1.92. The summed E-state index contributed by atoms with van der Waals surface area (Å²) in [6.45, 7) is 0. The van der Waals surface area contributed by atoms with Crippen LogP contribution in [0, 0.1) is 17.7 Å². The van der Waals surface area contributed by atoms with Crippen molar-refractivity contribution in [3.8, 4) is 0 Å². The van der Waals surface area contributed by atoms with Crippen molar-refractivity contribution in [2.45, 2.75) is 12.8 Å². The molecule has 4 nitrogen and oxygen atoms in total. The van der Waals surface area contributed by atoms with Crippen LogP contribution in [0.4, 0.5) is 10.1 Å². The monoisotopic (exact) mass is 271 g/mol. The third-order valence-corrected chi connectivity index (χ3v) is 3.41. The van der Waals surface area contributed by atoms with Gasteiger partial charge in [-0.15, -0.1) is 0 Å². The van der Waals surface area contributed by atoms with Crippen molar-refractivity contribution in [2.24, 2.45) is 11.8 Å². The lowest BCUT2D eigenvalue weighted by Crippen LogP contribution is -2.41. The largest absolute Gasteiger partial charge is 0.481 e. The number of aliphatic carboxylic acids is 1. The molecule has 1 aromatic rings. The third kappa shape index (κ3) is 2.46. The van der Waals surface area contributed by atoms with Gasteiger partial charge in [0.25, 0.3) is 0 Å². The molecule has 2 N–H and O–H groups in total. The number of nitrogens with one attached hydrogen (secondary N) is 1. The highest BCUT2D eigenvalue weighted by Crippen LogP contribution is 2.35. The van der Waals surface area contributed by atoms with Crippen molar-refractivity contribution in [2.75, 3.05) is 5.32 Å². The fourth-order valence-corrected chi connectivity index (χ4v) is 2.10. The lowest BCUT2D eigenvalue weighted by Gasteiger charge is -2.31. The standard InChI is InChI=1S/C12H11ClFNO3/c13-9-5-6(1-4-10(9)14)15-11(16)7-2-3-8(7)12(17)18/h1,4-5,7-8H,2-3H2,(H,15,16)(H,17,18). The van der Waals surface area contributed by atoms with Crippen LogP contribution < -0.4 is 5.32 Å². The van der Waals surface area contributed by atoms with Crippen LogP contribution in [0.1, 0.15) is 12.8 Å². The van der Waals surface area contributed by atoms with E-state index in [4.69, 9.17) is 16.7 Å². The minimum atomic E-state index is -0.960. The summed E-state index contributed by atoms with van der Waals surface area (Å²) in [5.41, 5.74) is 0.363. The van der Waals surface area contributed by atoms with Crippen molar-refractivity contribution < 1.29 is 19.1 Å². The van der Waals surface area contributed by atoms with Crippen molar-refractivity contribution in [3.63, 3.8) is 0 Å². The average molecular weight is 272 g/mol. The zero-order chi connectivity index (χ0) is 13.3. The molecule has 1 amide bonds. The fraction of sp³-hybridized carbons (Fsp3) is 0.333. The summed E-state index contributed by atoms with van der Waals surface area (Å²) in [6, 6.07) is 3.82. The molecule has 2 atom stereocenters. The van der Waals surface area contributed by atoms with Gasteiger partial charge in [-0.1, -0.05) is 11.6 Å². The Kier molecular flexibility index (Phi) is 3.52. The number of carbonyl (C=O) groups is 2. The van der Waals surface area contributed by atoms with Gasteiger partial charge in [-0.25, -0.2) is 4.39 Å². The number of hydrogen-bond donors (Lipinski definition) is 2. The molecule has 0 saturated heterocycles. The topological polar surface area (TPSA) is 66.4 Å². The molecule has 0 spiro atoms. The summed E-state index contributed by atoms with van der Waals surface area (Å²) in [5, 5.41) is 11.3. The van der Waals surface area contributed by atoms with Gasteiger partial charge in [0.15, 0.2) is 0 Å². The first kappa shape index (κ1) is 12.8. The Labute approximate surface area is 108 Å². The minimum absolute atomic E-state index is 0.0869. The zero-order valence-corrected chi connectivity index (χ0v) is 10.1. The van der Waals surface area contributed by atoms with Crippen LogP contribution >= 0.6 is 11.6 Å². The van der Waals surface area contributed by atoms with Gasteiger partial charge in [0, 0.05) is 5.69 Å². The molecule has 2 unspecified atom stereocenters. The van der Waals surface area contributed by atoms with Gasteiger partial charge in [0.1, 0.15) is 5.82 Å². The summed E-state index contributed by atoms with van der Waals surface area (Å²) in [5.74, 6) is -3.04. The summed E-state index contributed by atoms with van der Waals surface area (Å²) in [4.78, 5) is 22.6. The maximum atomic E-state index is 12.9. The van der Waals surface area contributed by atoms with Gasteiger partial charge in [-0.3, -0.25) is 9.59 Å². The van der Waals surface area contributed by atoms with Crippen molar-refractivity contribution in [1.82, 2.24) is 0 Å². The molecule has 18 heavy (non-hydrogen) atoms. The molecule has 96 valence electrons. The first-order valence-electron chi connectivity index (χ1n) is 5.48. The number of halogens is 2. The van der Waals surface area contributed by atoms with Gasteiger partial charge < -0.3 is 10.4 Å². The van der Waals surface area contributed by atoms with Crippen LogP contribution in [-0.4, -0.2) is 17.0 Å². The van der Waals surface area contributed by atoms with E-state index in [0.29, 0.717) is 18.5 Å². The Morgan fingerprint density at radius 1 is 1.33 bits per heavy atom. The second kappa shape index (κ2) is 4.94. The Hall–Kier alpha value is -1.62. The zero-order valence-electron chi connectivity index (χ0n) is 9.32.